The van der Waals surface area contributed by atoms with Crippen LogP contribution in [0.25, 0.3) is 0 Å². The molecule has 0 N–H and O–H groups in total. The maximum Gasteiger partial charge on any atom is 0.128 e. The molecule has 1 aromatic heterocycles. The van der Waals surface area contributed by atoms with Crippen molar-refractivity contribution < 1.29 is 0 Å². The van der Waals surface area contributed by atoms with Crippen molar-refractivity contribution in [3.8, 4) is 0 Å². The van der Waals surface area contributed by atoms with Crippen LogP contribution in [-0.4, -0.2) is 18.1 Å². The lowest BCUT2D eigenvalue weighted by Gasteiger charge is -2.24. The third-order valence-electron chi connectivity index (χ3n) is 3.38. The third-order valence-corrected chi connectivity index (χ3v) is 3.60. The molecule has 0 aromatic carbocycles. The van der Waals surface area contributed by atoms with Crippen LogP contribution in [0.4, 0.5) is 5.82 Å². The molecular weight excluding hydrogens is 220 g/mol. The van der Waals surface area contributed by atoms with E-state index in [0.29, 0.717) is 10.4 Å². The Morgan fingerprint density at radius 1 is 1.25 bits per heavy atom. The van der Waals surface area contributed by atoms with Gasteiger partial charge in [-0.3, -0.25) is 0 Å². The zero-order valence-corrected chi connectivity index (χ0v) is 10.8. The van der Waals surface area contributed by atoms with Crippen molar-refractivity contribution in [2.45, 2.75) is 33.1 Å². The van der Waals surface area contributed by atoms with Gasteiger partial charge in [0.25, 0.3) is 0 Å². The Hall–Kier alpha value is -0.760. The van der Waals surface area contributed by atoms with Crippen LogP contribution < -0.4 is 4.90 Å². The van der Waals surface area contributed by atoms with E-state index in [4.69, 9.17) is 11.6 Å². The maximum atomic E-state index is 5.85. The number of pyridine rings is 1. The molecule has 0 unspecified atom stereocenters. The largest absolute Gasteiger partial charge is 0.357 e. The first-order valence-corrected chi connectivity index (χ1v) is 6.31. The molecule has 1 aliphatic rings. The van der Waals surface area contributed by atoms with E-state index in [1.165, 1.54) is 19.3 Å². The standard InChI is InChI=1S/C13H19ClN2/c1-13(2)6-3-8-16(9-7-13)12-5-4-11(14)10-15-12/h4-5,10H,3,6-9H2,1-2H3. The smallest absolute Gasteiger partial charge is 0.128 e. The average Bonchev–Trinajstić information content (AvgIpc) is 2.41. The molecule has 0 amide bonds. The maximum absolute atomic E-state index is 5.85. The Bertz CT molecular complexity index is 345. The van der Waals surface area contributed by atoms with Crippen molar-refractivity contribution in [1.29, 1.82) is 0 Å². The molecule has 0 atom stereocenters. The Labute approximate surface area is 103 Å². The first-order valence-electron chi connectivity index (χ1n) is 5.93. The van der Waals surface area contributed by atoms with Gasteiger partial charge in [-0.15, -0.1) is 0 Å². The molecule has 0 saturated carbocycles. The van der Waals surface area contributed by atoms with Gasteiger partial charge in [0.05, 0.1) is 5.02 Å². The molecule has 2 rings (SSSR count). The van der Waals surface area contributed by atoms with E-state index in [2.05, 4.69) is 23.7 Å². The molecule has 1 aliphatic heterocycles. The number of hydrogen-bond donors (Lipinski definition) is 0. The van der Waals surface area contributed by atoms with E-state index in [0.717, 1.165) is 18.9 Å². The van der Waals surface area contributed by atoms with Gasteiger partial charge >= 0.3 is 0 Å². The van der Waals surface area contributed by atoms with Gasteiger partial charge < -0.3 is 4.90 Å². The van der Waals surface area contributed by atoms with E-state index >= 15 is 0 Å². The lowest BCUT2D eigenvalue weighted by Crippen LogP contribution is -2.25. The molecule has 1 fully saturated rings. The highest BCUT2D eigenvalue weighted by Crippen LogP contribution is 2.31. The summed E-state index contributed by atoms with van der Waals surface area (Å²) in [4.78, 5) is 6.75. The highest BCUT2D eigenvalue weighted by molar-refractivity contribution is 6.30. The third kappa shape index (κ3) is 2.88. The van der Waals surface area contributed by atoms with Crippen LogP contribution in [0, 0.1) is 5.41 Å². The summed E-state index contributed by atoms with van der Waals surface area (Å²) in [6.45, 7) is 6.91. The van der Waals surface area contributed by atoms with E-state index in [9.17, 15) is 0 Å². The van der Waals surface area contributed by atoms with Gasteiger partial charge in [0, 0.05) is 19.3 Å². The topological polar surface area (TPSA) is 16.1 Å². The first kappa shape index (κ1) is 11.7. The average molecular weight is 239 g/mol. The quantitative estimate of drug-likeness (QED) is 0.741. The Balaban J connectivity index is 2.08. The molecule has 2 heterocycles. The number of nitrogens with zero attached hydrogens (tertiary/aromatic N) is 2. The van der Waals surface area contributed by atoms with Crippen LogP contribution in [0.1, 0.15) is 33.1 Å². The Morgan fingerprint density at radius 3 is 2.75 bits per heavy atom. The first-order chi connectivity index (χ1) is 7.57. The monoisotopic (exact) mass is 238 g/mol. The molecule has 0 bridgehead atoms. The van der Waals surface area contributed by atoms with Crippen molar-refractivity contribution in [3.05, 3.63) is 23.4 Å². The fourth-order valence-electron chi connectivity index (χ4n) is 2.21. The summed E-state index contributed by atoms with van der Waals surface area (Å²) in [5.74, 6) is 1.06. The number of halogens is 1. The predicted octanol–water partition coefficient (Wildman–Crippen LogP) is 3.75. The lowest BCUT2D eigenvalue weighted by molar-refractivity contribution is 0.325. The molecule has 1 saturated heterocycles. The van der Waals surface area contributed by atoms with Gasteiger partial charge in [0.1, 0.15) is 5.82 Å². The molecule has 3 heteroatoms. The molecule has 1 aromatic rings. The van der Waals surface area contributed by atoms with Crippen molar-refractivity contribution in [1.82, 2.24) is 4.98 Å². The lowest BCUT2D eigenvalue weighted by atomic mass is 9.85. The molecular formula is C13H19ClN2. The van der Waals surface area contributed by atoms with Crippen molar-refractivity contribution >= 4 is 17.4 Å². The highest BCUT2D eigenvalue weighted by Gasteiger charge is 2.23. The minimum absolute atomic E-state index is 0.473. The molecule has 0 aliphatic carbocycles. The fraction of sp³-hybridized carbons (Fsp3) is 0.615. The van der Waals surface area contributed by atoms with Gasteiger partial charge in [-0.1, -0.05) is 25.4 Å². The van der Waals surface area contributed by atoms with Crippen LogP contribution in [0.15, 0.2) is 18.3 Å². The summed E-state index contributed by atoms with van der Waals surface area (Å²) < 4.78 is 0. The normalized spacial score (nSPS) is 20.6. The number of aromatic nitrogens is 1. The van der Waals surface area contributed by atoms with Gasteiger partial charge in [-0.2, -0.15) is 0 Å². The summed E-state index contributed by atoms with van der Waals surface area (Å²) in [5, 5.41) is 0.707. The summed E-state index contributed by atoms with van der Waals surface area (Å²) in [7, 11) is 0. The van der Waals surface area contributed by atoms with Crippen LogP contribution in [0.3, 0.4) is 0 Å². The zero-order valence-electron chi connectivity index (χ0n) is 10.0. The second-order valence-corrected chi connectivity index (χ2v) is 5.78. The van der Waals surface area contributed by atoms with E-state index in [1.54, 1.807) is 6.20 Å². The molecule has 88 valence electrons. The Morgan fingerprint density at radius 2 is 2.06 bits per heavy atom. The van der Waals surface area contributed by atoms with Crippen molar-refractivity contribution in [2.24, 2.45) is 5.41 Å². The minimum Gasteiger partial charge on any atom is -0.357 e. The number of hydrogen-bond acceptors (Lipinski definition) is 2. The number of anilines is 1. The summed E-state index contributed by atoms with van der Waals surface area (Å²) in [6, 6.07) is 3.93. The summed E-state index contributed by atoms with van der Waals surface area (Å²) >= 11 is 5.85. The highest BCUT2D eigenvalue weighted by atomic mass is 35.5. The summed E-state index contributed by atoms with van der Waals surface area (Å²) in [6.07, 6.45) is 5.51. The van der Waals surface area contributed by atoms with Crippen LogP contribution >= 0.6 is 11.6 Å². The fourth-order valence-corrected chi connectivity index (χ4v) is 2.32. The number of rotatable bonds is 1. The SMILES string of the molecule is CC1(C)CCCN(c2ccc(Cl)cn2)CC1. The Kier molecular flexibility index (Phi) is 3.38. The molecule has 2 nitrogen and oxygen atoms in total. The summed E-state index contributed by atoms with van der Waals surface area (Å²) in [5.41, 5.74) is 0.473. The van der Waals surface area contributed by atoms with Gasteiger partial charge in [0.15, 0.2) is 0 Å². The second kappa shape index (κ2) is 4.62. The van der Waals surface area contributed by atoms with Crippen molar-refractivity contribution in [2.75, 3.05) is 18.0 Å². The zero-order chi connectivity index (χ0) is 11.6. The van der Waals surface area contributed by atoms with E-state index in [-0.39, 0.29) is 0 Å². The van der Waals surface area contributed by atoms with Gasteiger partial charge in [0.2, 0.25) is 0 Å². The van der Waals surface area contributed by atoms with Crippen LogP contribution in [-0.2, 0) is 0 Å². The van der Waals surface area contributed by atoms with Crippen LogP contribution in [0.5, 0.6) is 0 Å². The molecule has 16 heavy (non-hydrogen) atoms. The van der Waals surface area contributed by atoms with Gasteiger partial charge in [-0.25, -0.2) is 4.98 Å². The molecule has 0 spiro atoms. The molecule has 0 radical (unpaired) electrons. The van der Waals surface area contributed by atoms with Crippen LogP contribution in [0.2, 0.25) is 5.02 Å². The second-order valence-electron chi connectivity index (χ2n) is 5.34. The predicted molar refractivity (Wildman–Crippen MR) is 69.1 cm³/mol. The minimum atomic E-state index is 0.473. The van der Waals surface area contributed by atoms with E-state index in [1.807, 2.05) is 12.1 Å². The van der Waals surface area contributed by atoms with E-state index < -0.39 is 0 Å². The van der Waals surface area contributed by atoms with Gasteiger partial charge in [-0.05, 0) is 36.8 Å². The van der Waals surface area contributed by atoms with Crippen molar-refractivity contribution in [3.63, 3.8) is 0 Å².